The van der Waals surface area contributed by atoms with E-state index in [2.05, 4.69) is 48.3 Å². The van der Waals surface area contributed by atoms with Gasteiger partial charge in [0.15, 0.2) is 0 Å². The molecule has 2 aromatic rings. The molecule has 0 aliphatic carbocycles. The summed E-state index contributed by atoms with van der Waals surface area (Å²) in [5.74, 6) is 1.44. The smallest absolute Gasteiger partial charge is 0.247 e. The average Bonchev–Trinajstić information content (AvgIpc) is 3.22. The summed E-state index contributed by atoms with van der Waals surface area (Å²) >= 11 is 0. The maximum absolute atomic E-state index is 5.88. The zero-order valence-corrected chi connectivity index (χ0v) is 18.9. The number of hydrogen-bond acceptors (Lipinski definition) is 3. The zero-order valence-electron chi connectivity index (χ0n) is 18.9. The molecule has 0 radical (unpaired) electrons. The van der Waals surface area contributed by atoms with Gasteiger partial charge in [0.25, 0.3) is 0 Å². The minimum absolute atomic E-state index is 0.658. The van der Waals surface area contributed by atoms with Crippen molar-refractivity contribution in [2.75, 3.05) is 0 Å². The second kappa shape index (κ2) is 15.2. The van der Waals surface area contributed by atoms with E-state index in [9.17, 15) is 0 Å². The summed E-state index contributed by atoms with van der Waals surface area (Å²) in [6.07, 6.45) is 20.7. The Morgan fingerprint density at radius 3 is 1.69 bits per heavy atom. The largest absolute Gasteiger partial charge is 0.421 e. The molecule has 0 aliphatic rings. The van der Waals surface area contributed by atoms with Crippen LogP contribution in [0.25, 0.3) is 11.5 Å². The van der Waals surface area contributed by atoms with Crippen LogP contribution in [0.1, 0.15) is 115 Å². The molecule has 1 aromatic heterocycles. The molecule has 0 spiro atoms. The number of unbranched alkanes of at least 4 members (excludes halogenated alkanes) is 12. The van der Waals surface area contributed by atoms with Gasteiger partial charge in [-0.1, -0.05) is 103 Å². The van der Waals surface area contributed by atoms with Crippen molar-refractivity contribution in [3.63, 3.8) is 0 Å². The minimum Gasteiger partial charge on any atom is -0.421 e. The van der Waals surface area contributed by atoms with Gasteiger partial charge in [-0.15, -0.1) is 10.2 Å². The monoisotopic (exact) mass is 398 g/mol. The molecule has 2 rings (SSSR count). The highest BCUT2D eigenvalue weighted by Crippen LogP contribution is 2.20. The van der Waals surface area contributed by atoms with E-state index in [-0.39, 0.29) is 0 Å². The topological polar surface area (TPSA) is 38.9 Å². The number of nitrogens with zero attached hydrogens (tertiary/aromatic N) is 2. The lowest BCUT2D eigenvalue weighted by molar-refractivity contribution is 0.485. The SMILES string of the molecule is CCCCCCCCCCCc1nnc(-c2ccc(CCCCCCC)cc2)o1. The van der Waals surface area contributed by atoms with Gasteiger partial charge in [0.1, 0.15) is 0 Å². The van der Waals surface area contributed by atoms with Gasteiger partial charge in [-0.25, -0.2) is 0 Å². The normalized spacial score (nSPS) is 11.2. The lowest BCUT2D eigenvalue weighted by atomic mass is 10.0. The Balaban J connectivity index is 1.62. The summed E-state index contributed by atoms with van der Waals surface area (Å²) < 4.78 is 5.88. The predicted octanol–water partition coefficient (Wildman–Crippen LogP) is 8.32. The van der Waals surface area contributed by atoms with Crippen LogP contribution in [0.5, 0.6) is 0 Å². The molecule has 0 aliphatic heterocycles. The van der Waals surface area contributed by atoms with Crippen LogP contribution in [-0.2, 0) is 12.8 Å². The van der Waals surface area contributed by atoms with Gasteiger partial charge in [-0.3, -0.25) is 0 Å². The van der Waals surface area contributed by atoms with Gasteiger partial charge in [-0.2, -0.15) is 0 Å². The van der Waals surface area contributed by atoms with Crippen molar-refractivity contribution in [3.05, 3.63) is 35.7 Å². The van der Waals surface area contributed by atoms with Gasteiger partial charge in [0, 0.05) is 12.0 Å². The summed E-state index contributed by atoms with van der Waals surface area (Å²) in [5.41, 5.74) is 2.44. The lowest BCUT2D eigenvalue weighted by Gasteiger charge is -2.02. The summed E-state index contributed by atoms with van der Waals surface area (Å²) in [7, 11) is 0. The molecule has 3 heteroatoms. The van der Waals surface area contributed by atoms with Crippen LogP contribution >= 0.6 is 0 Å². The molecule has 0 saturated heterocycles. The number of aryl methyl sites for hydroxylation is 2. The fourth-order valence-electron chi connectivity index (χ4n) is 3.80. The maximum atomic E-state index is 5.88. The third-order valence-electron chi connectivity index (χ3n) is 5.73. The highest BCUT2D eigenvalue weighted by Gasteiger charge is 2.08. The molecule has 0 fully saturated rings. The minimum atomic E-state index is 0.658. The van der Waals surface area contributed by atoms with Crippen LogP contribution in [0, 0.1) is 0 Å². The molecule has 29 heavy (non-hydrogen) atoms. The Labute approximate surface area is 178 Å². The summed E-state index contributed by atoms with van der Waals surface area (Å²) in [6, 6.07) is 8.66. The van der Waals surface area contributed by atoms with Gasteiger partial charge in [-0.05, 0) is 37.0 Å². The van der Waals surface area contributed by atoms with E-state index < -0.39 is 0 Å². The first kappa shape index (κ1) is 23.6. The molecular weight excluding hydrogens is 356 g/mol. The molecule has 0 bridgehead atoms. The molecule has 3 nitrogen and oxygen atoms in total. The van der Waals surface area contributed by atoms with E-state index >= 15 is 0 Å². The van der Waals surface area contributed by atoms with Gasteiger partial charge in [0.05, 0.1) is 0 Å². The molecule has 1 aromatic carbocycles. The van der Waals surface area contributed by atoms with Crippen molar-refractivity contribution in [1.82, 2.24) is 10.2 Å². The first-order chi connectivity index (χ1) is 14.3. The number of rotatable bonds is 17. The number of benzene rings is 1. The van der Waals surface area contributed by atoms with Crippen LogP contribution in [0.2, 0.25) is 0 Å². The second-order valence-corrected chi connectivity index (χ2v) is 8.44. The quantitative estimate of drug-likeness (QED) is 0.251. The van der Waals surface area contributed by atoms with E-state index in [1.165, 1.54) is 89.0 Å². The highest BCUT2D eigenvalue weighted by atomic mass is 16.4. The van der Waals surface area contributed by atoms with E-state index in [0.29, 0.717) is 5.89 Å². The second-order valence-electron chi connectivity index (χ2n) is 8.44. The highest BCUT2D eigenvalue weighted by molar-refractivity contribution is 5.52. The van der Waals surface area contributed by atoms with Crippen LogP contribution in [-0.4, -0.2) is 10.2 Å². The Morgan fingerprint density at radius 2 is 1.10 bits per heavy atom. The van der Waals surface area contributed by atoms with Crippen molar-refractivity contribution in [3.8, 4) is 11.5 Å². The van der Waals surface area contributed by atoms with Crippen molar-refractivity contribution < 1.29 is 4.42 Å². The van der Waals surface area contributed by atoms with E-state index in [1.807, 2.05) is 0 Å². The van der Waals surface area contributed by atoms with Gasteiger partial charge < -0.3 is 4.42 Å². The predicted molar refractivity (Wildman–Crippen MR) is 123 cm³/mol. The number of aromatic nitrogens is 2. The molecule has 0 saturated carbocycles. The summed E-state index contributed by atoms with van der Waals surface area (Å²) in [5, 5.41) is 8.50. The third-order valence-corrected chi connectivity index (χ3v) is 5.73. The molecule has 0 atom stereocenters. The van der Waals surface area contributed by atoms with Crippen molar-refractivity contribution in [2.45, 2.75) is 117 Å². The van der Waals surface area contributed by atoms with Crippen LogP contribution in [0.3, 0.4) is 0 Å². The lowest BCUT2D eigenvalue weighted by Crippen LogP contribution is -1.87. The standard InChI is InChI=1S/C26H42N2O/c1-3-5-7-9-10-11-12-14-16-18-25-27-28-26(29-25)24-21-19-23(20-22-24)17-15-13-8-6-4-2/h19-22H,3-18H2,1-2H3. The molecule has 0 N–H and O–H groups in total. The molecule has 0 amide bonds. The molecule has 1 heterocycles. The summed E-state index contributed by atoms with van der Waals surface area (Å²) in [6.45, 7) is 4.53. The van der Waals surface area contributed by atoms with Crippen LogP contribution < -0.4 is 0 Å². The Bertz CT molecular complexity index is 632. The van der Waals surface area contributed by atoms with E-state index in [1.54, 1.807) is 0 Å². The van der Waals surface area contributed by atoms with Crippen molar-refractivity contribution in [2.24, 2.45) is 0 Å². The van der Waals surface area contributed by atoms with Crippen molar-refractivity contribution in [1.29, 1.82) is 0 Å². The van der Waals surface area contributed by atoms with Crippen LogP contribution in [0.15, 0.2) is 28.7 Å². The Morgan fingerprint density at radius 1 is 0.586 bits per heavy atom. The fraction of sp³-hybridized carbons (Fsp3) is 0.692. The third kappa shape index (κ3) is 10.1. The van der Waals surface area contributed by atoms with E-state index in [0.717, 1.165) is 30.7 Å². The zero-order chi connectivity index (χ0) is 20.6. The van der Waals surface area contributed by atoms with Gasteiger partial charge in [0.2, 0.25) is 11.8 Å². The van der Waals surface area contributed by atoms with Crippen LogP contribution in [0.4, 0.5) is 0 Å². The van der Waals surface area contributed by atoms with E-state index in [4.69, 9.17) is 4.42 Å². The van der Waals surface area contributed by atoms with Crippen molar-refractivity contribution >= 4 is 0 Å². The molecule has 0 unspecified atom stereocenters. The summed E-state index contributed by atoms with van der Waals surface area (Å²) in [4.78, 5) is 0. The molecular formula is C26H42N2O. The fourth-order valence-corrected chi connectivity index (χ4v) is 3.80. The average molecular weight is 399 g/mol. The number of hydrogen-bond donors (Lipinski definition) is 0. The first-order valence-corrected chi connectivity index (χ1v) is 12.2. The maximum Gasteiger partial charge on any atom is 0.247 e. The Kier molecular flexibility index (Phi) is 12.4. The first-order valence-electron chi connectivity index (χ1n) is 12.2. The molecule has 162 valence electrons. The van der Waals surface area contributed by atoms with Gasteiger partial charge >= 0.3 is 0 Å². The Hall–Kier alpha value is -1.64.